The quantitative estimate of drug-likeness (QED) is 0.292. The van der Waals surface area contributed by atoms with Gasteiger partial charge in [0.1, 0.15) is 16.7 Å². The molecule has 0 radical (unpaired) electrons. The lowest BCUT2D eigenvalue weighted by Gasteiger charge is -2.18. The summed E-state index contributed by atoms with van der Waals surface area (Å²) in [5, 5.41) is 13.2. The summed E-state index contributed by atoms with van der Waals surface area (Å²) < 4.78 is 0. The molecule has 0 aromatic heterocycles. The SMILES string of the molecule is CCc1ccc(NC(=O)C(C#N)=C2SC(Cc3cccc(Cl)c3Cl)C(=O)N2c2ccccc2)cc1. The second-order valence-corrected chi connectivity index (χ2v) is 9.81. The van der Waals surface area contributed by atoms with Crippen LogP contribution in [-0.2, 0) is 22.4 Å². The maximum atomic E-state index is 13.5. The molecule has 5 nitrogen and oxygen atoms in total. The number of rotatable bonds is 6. The molecular formula is C27H21Cl2N3O2S. The predicted molar refractivity (Wildman–Crippen MR) is 143 cm³/mol. The van der Waals surface area contributed by atoms with Crippen molar-refractivity contribution in [2.45, 2.75) is 25.0 Å². The molecular weight excluding hydrogens is 501 g/mol. The minimum atomic E-state index is -0.582. The Morgan fingerprint density at radius 2 is 1.77 bits per heavy atom. The third-order valence-corrected chi connectivity index (χ3v) is 7.70. The molecule has 8 heteroatoms. The van der Waals surface area contributed by atoms with Gasteiger partial charge in [0.15, 0.2) is 0 Å². The lowest BCUT2D eigenvalue weighted by Crippen LogP contribution is -2.31. The highest BCUT2D eigenvalue weighted by Gasteiger charge is 2.41. The molecule has 1 fully saturated rings. The first-order valence-electron chi connectivity index (χ1n) is 11.0. The summed E-state index contributed by atoms with van der Waals surface area (Å²) in [5.41, 5.74) is 2.87. The molecule has 0 bridgehead atoms. The Kier molecular flexibility index (Phi) is 7.82. The number of amides is 2. The molecule has 35 heavy (non-hydrogen) atoms. The normalized spacial score (nSPS) is 16.7. The highest BCUT2D eigenvalue weighted by molar-refractivity contribution is 8.05. The Labute approximate surface area is 218 Å². The first-order chi connectivity index (χ1) is 16.9. The van der Waals surface area contributed by atoms with E-state index in [1.54, 1.807) is 48.5 Å². The van der Waals surface area contributed by atoms with Gasteiger partial charge in [-0.1, -0.05) is 84.4 Å². The van der Waals surface area contributed by atoms with Gasteiger partial charge < -0.3 is 5.32 Å². The van der Waals surface area contributed by atoms with Gasteiger partial charge in [-0.05, 0) is 54.3 Å². The summed E-state index contributed by atoms with van der Waals surface area (Å²) in [5.74, 6) is -0.811. The molecule has 2 amide bonds. The van der Waals surface area contributed by atoms with Crippen LogP contribution in [0.2, 0.25) is 10.0 Å². The lowest BCUT2D eigenvalue weighted by molar-refractivity contribution is -0.117. The summed E-state index contributed by atoms with van der Waals surface area (Å²) in [6.45, 7) is 2.05. The Morgan fingerprint density at radius 3 is 2.43 bits per heavy atom. The van der Waals surface area contributed by atoms with Gasteiger partial charge in [-0.25, -0.2) is 0 Å². The van der Waals surface area contributed by atoms with E-state index in [4.69, 9.17) is 23.2 Å². The molecule has 0 saturated carbocycles. The fraction of sp³-hybridized carbons (Fsp3) is 0.148. The Hall–Kier alpha value is -3.24. The smallest absolute Gasteiger partial charge is 0.269 e. The van der Waals surface area contributed by atoms with E-state index in [-0.39, 0.29) is 16.5 Å². The molecule has 1 unspecified atom stereocenters. The number of hydrogen-bond donors (Lipinski definition) is 1. The van der Waals surface area contributed by atoms with Crippen molar-refractivity contribution < 1.29 is 9.59 Å². The molecule has 1 N–H and O–H groups in total. The molecule has 176 valence electrons. The zero-order valence-corrected chi connectivity index (χ0v) is 21.1. The molecule has 4 rings (SSSR count). The molecule has 1 heterocycles. The van der Waals surface area contributed by atoms with Crippen LogP contribution in [0.1, 0.15) is 18.1 Å². The van der Waals surface area contributed by atoms with Gasteiger partial charge in [0.05, 0.1) is 15.3 Å². The van der Waals surface area contributed by atoms with Crippen LogP contribution in [0.3, 0.4) is 0 Å². The number of thioether (sulfide) groups is 1. The van der Waals surface area contributed by atoms with Crippen LogP contribution in [0.4, 0.5) is 11.4 Å². The molecule has 3 aromatic rings. The van der Waals surface area contributed by atoms with E-state index in [2.05, 4.69) is 5.32 Å². The maximum absolute atomic E-state index is 13.5. The third-order valence-electron chi connectivity index (χ3n) is 5.58. The number of benzene rings is 3. The van der Waals surface area contributed by atoms with Crippen molar-refractivity contribution in [3.8, 4) is 6.07 Å². The van der Waals surface area contributed by atoms with Gasteiger partial charge in [0, 0.05) is 11.4 Å². The van der Waals surface area contributed by atoms with E-state index < -0.39 is 11.2 Å². The lowest BCUT2D eigenvalue weighted by atomic mass is 10.1. The average molecular weight is 522 g/mol. The van der Waals surface area contributed by atoms with E-state index in [0.717, 1.165) is 17.5 Å². The molecule has 1 aliphatic rings. The summed E-state index contributed by atoms with van der Waals surface area (Å²) in [4.78, 5) is 28.1. The van der Waals surface area contributed by atoms with Crippen molar-refractivity contribution in [3.63, 3.8) is 0 Å². The van der Waals surface area contributed by atoms with Gasteiger partial charge in [0.2, 0.25) is 5.91 Å². The Morgan fingerprint density at radius 1 is 1.06 bits per heavy atom. The number of carbonyl (C=O) groups excluding carboxylic acids is 2. The number of halogens is 2. The molecule has 1 atom stereocenters. The van der Waals surface area contributed by atoms with E-state index in [9.17, 15) is 14.9 Å². The van der Waals surface area contributed by atoms with Crippen LogP contribution >= 0.6 is 35.0 Å². The van der Waals surface area contributed by atoms with Gasteiger partial charge in [-0.3, -0.25) is 14.5 Å². The number of carbonyl (C=O) groups is 2. The van der Waals surface area contributed by atoms with Crippen molar-refractivity contribution in [3.05, 3.63) is 105 Å². The second-order valence-electron chi connectivity index (χ2n) is 7.83. The predicted octanol–water partition coefficient (Wildman–Crippen LogP) is 6.62. The summed E-state index contributed by atoms with van der Waals surface area (Å²) in [6, 6.07) is 23.7. The van der Waals surface area contributed by atoms with E-state index >= 15 is 0 Å². The fourth-order valence-corrected chi connectivity index (χ4v) is 5.41. The number of aryl methyl sites for hydroxylation is 1. The summed E-state index contributed by atoms with van der Waals surface area (Å²) in [7, 11) is 0. The molecule has 3 aromatic carbocycles. The minimum absolute atomic E-state index is 0.133. The van der Waals surface area contributed by atoms with Crippen LogP contribution in [0.15, 0.2) is 83.4 Å². The van der Waals surface area contributed by atoms with E-state index in [1.165, 1.54) is 16.7 Å². The van der Waals surface area contributed by atoms with Crippen LogP contribution in [0, 0.1) is 11.3 Å². The topological polar surface area (TPSA) is 73.2 Å². The van der Waals surface area contributed by atoms with Crippen molar-refractivity contribution in [2.75, 3.05) is 10.2 Å². The standard InChI is InChI=1S/C27H21Cl2N3O2S/c1-2-17-11-13-19(14-12-17)31-25(33)21(16-30)27-32(20-8-4-3-5-9-20)26(34)23(35-27)15-18-7-6-10-22(28)24(18)29/h3-14,23H,2,15H2,1H3,(H,31,33). The first kappa shape index (κ1) is 24.9. The molecule has 1 aliphatic heterocycles. The van der Waals surface area contributed by atoms with Crippen LogP contribution in [0.5, 0.6) is 0 Å². The second kappa shape index (κ2) is 11.0. The van der Waals surface area contributed by atoms with Crippen molar-refractivity contribution in [1.82, 2.24) is 0 Å². The van der Waals surface area contributed by atoms with Crippen LogP contribution in [-0.4, -0.2) is 17.1 Å². The number of nitrogens with one attached hydrogen (secondary N) is 1. The number of anilines is 2. The number of nitriles is 1. The average Bonchev–Trinajstić information content (AvgIpc) is 3.18. The molecule has 0 spiro atoms. The van der Waals surface area contributed by atoms with Gasteiger partial charge in [-0.2, -0.15) is 5.26 Å². The van der Waals surface area contributed by atoms with Crippen LogP contribution < -0.4 is 10.2 Å². The summed E-state index contributed by atoms with van der Waals surface area (Å²) in [6.07, 6.45) is 1.18. The monoisotopic (exact) mass is 521 g/mol. The van der Waals surface area contributed by atoms with Crippen LogP contribution in [0.25, 0.3) is 0 Å². The largest absolute Gasteiger partial charge is 0.321 e. The Balaban J connectivity index is 1.70. The molecule has 1 saturated heterocycles. The van der Waals surface area contributed by atoms with E-state index in [1.807, 2.05) is 37.3 Å². The fourth-order valence-electron chi connectivity index (χ4n) is 3.72. The molecule has 0 aliphatic carbocycles. The number of para-hydroxylation sites is 1. The minimum Gasteiger partial charge on any atom is -0.321 e. The van der Waals surface area contributed by atoms with Crippen molar-refractivity contribution >= 4 is 58.2 Å². The van der Waals surface area contributed by atoms with Crippen molar-refractivity contribution in [2.24, 2.45) is 0 Å². The Bertz CT molecular complexity index is 1330. The van der Waals surface area contributed by atoms with E-state index in [0.29, 0.717) is 27.8 Å². The summed E-state index contributed by atoms with van der Waals surface area (Å²) >= 11 is 13.7. The van der Waals surface area contributed by atoms with Gasteiger partial charge >= 0.3 is 0 Å². The zero-order valence-electron chi connectivity index (χ0n) is 18.8. The van der Waals surface area contributed by atoms with Gasteiger partial charge in [-0.15, -0.1) is 0 Å². The van der Waals surface area contributed by atoms with Crippen molar-refractivity contribution in [1.29, 1.82) is 5.26 Å². The zero-order chi connectivity index (χ0) is 24.9. The van der Waals surface area contributed by atoms with Gasteiger partial charge in [0.25, 0.3) is 5.91 Å². The first-order valence-corrected chi connectivity index (χ1v) is 12.6. The number of hydrogen-bond acceptors (Lipinski definition) is 4. The maximum Gasteiger partial charge on any atom is 0.269 e. The third kappa shape index (κ3) is 5.38. The highest BCUT2D eigenvalue weighted by atomic mass is 35.5. The number of nitrogens with zero attached hydrogens (tertiary/aromatic N) is 2. The highest BCUT2D eigenvalue weighted by Crippen LogP contribution is 2.43.